The third kappa shape index (κ3) is 7.86. The number of thiophene rings is 1. The molecule has 1 unspecified atom stereocenters. The summed E-state index contributed by atoms with van der Waals surface area (Å²) in [5, 5.41) is 7.12. The minimum Gasteiger partial charge on any atom is -0.309 e. The van der Waals surface area contributed by atoms with Crippen LogP contribution in [0.3, 0.4) is 0 Å². The molecule has 0 N–H and O–H groups in total. The standard InChI is InChI=1S/C75H49N5S/c1-5-20-48(21-6-1)51-38-40-52(41-39-51)73-76-74(78-75(77-73)62-32-19-37-69-72(62)61-29-14-16-36-68(61)81-69)60-45-43-54(50-24-9-3-10-25-50)47-67(60)80-65-35-18-31-57(71(65)59-44-42-53(46-66(59)80)49-22-7-2-8-23-49)56-30-17-34-64-70(56)58-28-13-15-33-63(58)79(64)55-26-11-4-12-27-55/h1-24,26-47,50H,25H2. The quantitative estimate of drug-likeness (QED) is 0.145. The molecule has 0 spiro atoms. The molecule has 0 aliphatic heterocycles. The van der Waals surface area contributed by atoms with E-state index in [-0.39, 0.29) is 5.92 Å². The number of hydrogen-bond donors (Lipinski definition) is 0. The molecule has 4 heterocycles. The molecule has 0 saturated carbocycles. The summed E-state index contributed by atoms with van der Waals surface area (Å²) in [7, 11) is 0. The normalized spacial score (nSPS) is 13.4. The maximum absolute atomic E-state index is 5.64. The number of benzene rings is 11. The summed E-state index contributed by atoms with van der Waals surface area (Å²) in [6.45, 7) is 0. The lowest BCUT2D eigenvalue weighted by molar-refractivity contribution is 0.852. The van der Waals surface area contributed by atoms with Crippen LogP contribution >= 0.6 is 11.3 Å². The third-order valence-electron chi connectivity index (χ3n) is 16.3. The molecule has 15 aromatic rings. The second kappa shape index (κ2) is 19.3. The first-order valence-electron chi connectivity index (χ1n) is 27.7. The van der Waals surface area contributed by atoms with E-state index in [0.29, 0.717) is 17.5 Å². The van der Waals surface area contributed by atoms with Crippen LogP contribution in [0.4, 0.5) is 0 Å². The van der Waals surface area contributed by atoms with E-state index >= 15 is 0 Å². The Morgan fingerprint density at radius 3 is 1.64 bits per heavy atom. The highest BCUT2D eigenvalue weighted by molar-refractivity contribution is 7.25. The SMILES string of the molecule is C1=CCC(c2ccc(-c3nc(-c4ccc(-c5ccccc5)cc4)nc(-c4cccc5sc6ccccc6c45)n3)c(-n3c4cc(-c5ccccc5)ccc4c4c(-c5cccc6c5c5ccccc5n6-c5ccccc5)cccc43)c2)C=C1. The van der Waals surface area contributed by atoms with Crippen molar-refractivity contribution >= 4 is 75.1 Å². The van der Waals surface area contributed by atoms with Crippen molar-refractivity contribution in [1.82, 2.24) is 24.1 Å². The number of nitrogens with zero attached hydrogens (tertiary/aromatic N) is 5. The molecule has 0 radical (unpaired) electrons. The van der Waals surface area contributed by atoms with Crippen molar-refractivity contribution in [2.24, 2.45) is 0 Å². The summed E-state index contributed by atoms with van der Waals surface area (Å²) >= 11 is 1.80. The number of allylic oxidation sites excluding steroid dienone is 4. The van der Waals surface area contributed by atoms with Gasteiger partial charge in [0, 0.05) is 70.0 Å². The zero-order valence-electron chi connectivity index (χ0n) is 44.0. The highest BCUT2D eigenvalue weighted by Gasteiger charge is 2.26. The maximum Gasteiger partial charge on any atom is 0.166 e. The number of aromatic nitrogens is 5. The van der Waals surface area contributed by atoms with Gasteiger partial charge in [-0.3, -0.25) is 0 Å². The minimum atomic E-state index is 0.183. The molecular weight excluding hydrogens is 1000 g/mol. The molecule has 5 nitrogen and oxygen atoms in total. The van der Waals surface area contributed by atoms with E-state index < -0.39 is 0 Å². The van der Waals surface area contributed by atoms with Crippen LogP contribution in [0.1, 0.15) is 17.9 Å². The Kier molecular flexibility index (Phi) is 11.1. The van der Waals surface area contributed by atoms with E-state index in [4.69, 9.17) is 15.0 Å². The summed E-state index contributed by atoms with van der Waals surface area (Å²) in [6, 6.07) is 92.3. The summed E-state index contributed by atoms with van der Waals surface area (Å²) < 4.78 is 7.33. The Bertz CT molecular complexity index is 5010. The molecular formula is C75H49N5S. The van der Waals surface area contributed by atoms with E-state index in [0.717, 1.165) is 78.5 Å². The predicted octanol–water partition coefficient (Wildman–Crippen LogP) is 20.0. The van der Waals surface area contributed by atoms with Gasteiger partial charge in [0.25, 0.3) is 0 Å². The lowest BCUT2D eigenvalue weighted by atomic mass is 9.91. The Balaban J connectivity index is 0.988. The van der Waals surface area contributed by atoms with Crippen LogP contribution in [0.25, 0.3) is 143 Å². The fourth-order valence-electron chi connectivity index (χ4n) is 12.6. The smallest absolute Gasteiger partial charge is 0.166 e. The lowest BCUT2D eigenvalue weighted by Crippen LogP contribution is -2.06. The average Bonchev–Trinajstić information content (AvgIpc) is 4.36. The van der Waals surface area contributed by atoms with Gasteiger partial charge in [-0.1, -0.05) is 218 Å². The molecule has 1 aliphatic carbocycles. The summed E-state index contributed by atoms with van der Waals surface area (Å²) in [6.07, 6.45) is 9.84. The number of fused-ring (bicyclic) bond motifs is 9. The van der Waals surface area contributed by atoms with E-state index in [1.165, 1.54) is 58.7 Å². The Labute approximate surface area is 472 Å². The van der Waals surface area contributed by atoms with Gasteiger partial charge in [-0.25, -0.2) is 15.0 Å². The number of hydrogen-bond acceptors (Lipinski definition) is 4. The van der Waals surface area contributed by atoms with Gasteiger partial charge < -0.3 is 9.13 Å². The summed E-state index contributed by atoms with van der Waals surface area (Å²) in [5.74, 6) is 2.02. The van der Waals surface area contributed by atoms with Crippen LogP contribution in [-0.2, 0) is 0 Å². The first-order chi connectivity index (χ1) is 40.2. The van der Waals surface area contributed by atoms with Crippen LogP contribution in [0.15, 0.2) is 279 Å². The molecule has 0 bridgehead atoms. The second-order valence-electron chi connectivity index (χ2n) is 21.0. The van der Waals surface area contributed by atoms with E-state index in [2.05, 4.69) is 288 Å². The van der Waals surface area contributed by atoms with E-state index in [1.807, 2.05) is 0 Å². The molecule has 4 aromatic heterocycles. The van der Waals surface area contributed by atoms with Gasteiger partial charge in [0.05, 0.1) is 27.8 Å². The molecule has 11 aromatic carbocycles. The summed E-state index contributed by atoms with van der Waals surface area (Å²) in [4.78, 5) is 16.6. The fraction of sp³-hybridized carbons (Fsp3) is 0.0267. The van der Waals surface area contributed by atoms with Crippen molar-refractivity contribution in [3.05, 3.63) is 285 Å². The van der Waals surface area contributed by atoms with Gasteiger partial charge in [-0.05, 0) is 106 Å². The average molecular weight is 1050 g/mol. The maximum atomic E-state index is 5.64. The highest BCUT2D eigenvalue weighted by atomic mass is 32.1. The molecule has 1 aliphatic rings. The topological polar surface area (TPSA) is 48.5 Å². The Hall–Kier alpha value is -10.3. The van der Waals surface area contributed by atoms with E-state index in [9.17, 15) is 0 Å². The van der Waals surface area contributed by atoms with Gasteiger partial charge in [0.1, 0.15) is 0 Å². The lowest BCUT2D eigenvalue weighted by Gasteiger charge is -2.20. The van der Waals surface area contributed by atoms with Crippen LogP contribution in [-0.4, -0.2) is 24.1 Å². The molecule has 0 fully saturated rings. The van der Waals surface area contributed by atoms with Crippen molar-refractivity contribution in [2.75, 3.05) is 0 Å². The van der Waals surface area contributed by atoms with Crippen molar-refractivity contribution in [3.8, 4) is 78.9 Å². The largest absolute Gasteiger partial charge is 0.309 e. The van der Waals surface area contributed by atoms with Crippen LogP contribution in [0.5, 0.6) is 0 Å². The van der Waals surface area contributed by atoms with Crippen molar-refractivity contribution in [1.29, 1.82) is 0 Å². The Morgan fingerprint density at radius 2 is 0.901 bits per heavy atom. The van der Waals surface area contributed by atoms with Crippen LogP contribution in [0.2, 0.25) is 0 Å². The molecule has 81 heavy (non-hydrogen) atoms. The van der Waals surface area contributed by atoms with Gasteiger partial charge >= 0.3 is 0 Å². The van der Waals surface area contributed by atoms with Gasteiger partial charge in [-0.15, -0.1) is 11.3 Å². The van der Waals surface area contributed by atoms with Crippen LogP contribution in [0, 0.1) is 0 Å². The summed E-state index contributed by atoms with van der Waals surface area (Å²) in [5.41, 5.74) is 17.6. The minimum absolute atomic E-state index is 0.183. The first kappa shape index (κ1) is 46.8. The highest BCUT2D eigenvalue weighted by Crippen LogP contribution is 2.47. The molecule has 1 atom stereocenters. The fourth-order valence-corrected chi connectivity index (χ4v) is 13.7. The van der Waals surface area contributed by atoms with Crippen molar-refractivity contribution in [2.45, 2.75) is 12.3 Å². The van der Waals surface area contributed by atoms with Crippen LogP contribution < -0.4 is 0 Å². The van der Waals surface area contributed by atoms with Crippen molar-refractivity contribution in [3.63, 3.8) is 0 Å². The third-order valence-corrected chi connectivity index (χ3v) is 17.5. The number of para-hydroxylation sites is 2. The van der Waals surface area contributed by atoms with E-state index in [1.54, 1.807) is 11.3 Å². The molecule has 16 rings (SSSR count). The molecule has 0 saturated heterocycles. The number of rotatable bonds is 9. The monoisotopic (exact) mass is 1050 g/mol. The zero-order chi connectivity index (χ0) is 53.4. The van der Waals surface area contributed by atoms with Crippen molar-refractivity contribution < 1.29 is 0 Å². The molecule has 380 valence electrons. The second-order valence-corrected chi connectivity index (χ2v) is 22.1. The van der Waals surface area contributed by atoms with Gasteiger partial charge in [0.15, 0.2) is 17.5 Å². The molecule has 6 heteroatoms. The predicted molar refractivity (Wildman–Crippen MR) is 340 cm³/mol. The molecule has 0 amide bonds. The van der Waals surface area contributed by atoms with Gasteiger partial charge in [-0.2, -0.15) is 0 Å². The first-order valence-corrected chi connectivity index (χ1v) is 28.5. The zero-order valence-corrected chi connectivity index (χ0v) is 44.8. The Morgan fingerprint density at radius 1 is 0.346 bits per heavy atom. The van der Waals surface area contributed by atoms with Gasteiger partial charge in [0.2, 0.25) is 0 Å².